The molecule has 1 aliphatic carbocycles. The largest absolute Gasteiger partial charge is 0.461 e. The van der Waals surface area contributed by atoms with Gasteiger partial charge < -0.3 is 10.5 Å². The molecular weight excluding hydrogens is 252 g/mol. The van der Waals surface area contributed by atoms with Gasteiger partial charge in [0.1, 0.15) is 0 Å². The smallest absolute Gasteiger partial charge is 0.362 e. The van der Waals surface area contributed by atoms with Crippen LogP contribution in [0.1, 0.15) is 49.1 Å². The van der Waals surface area contributed by atoms with E-state index < -0.39 is 5.97 Å². The summed E-state index contributed by atoms with van der Waals surface area (Å²) in [6.07, 6.45) is 4.19. The summed E-state index contributed by atoms with van der Waals surface area (Å²) in [5.41, 5.74) is 6.26. The topological polar surface area (TPSA) is 85.9 Å². The van der Waals surface area contributed by atoms with Gasteiger partial charge in [-0.2, -0.15) is 0 Å². The van der Waals surface area contributed by atoms with Crippen LogP contribution >= 0.6 is 12.2 Å². The Hall–Kier alpha value is -1.21. The van der Waals surface area contributed by atoms with Gasteiger partial charge in [0.25, 0.3) is 0 Å². The first-order valence-corrected chi connectivity index (χ1v) is 6.65. The summed E-state index contributed by atoms with van der Waals surface area (Å²) in [6.45, 7) is 2.06. The molecule has 0 saturated heterocycles. The number of carbonyl (C=O) groups is 1. The first-order chi connectivity index (χ1) is 8.65. The molecule has 0 bridgehead atoms. The number of ether oxygens (including phenoxy) is 1. The number of rotatable bonds is 3. The molecule has 0 aliphatic heterocycles. The fraction of sp³-hybridized carbons (Fsp3) is 0.727. The van der Waals surface area contributed by atoms with Crippen molar-refractivity contribution in [3.63, 3.8) is 0 Å². The number of aromatic amines is 1. The maximum Gasteiger partial charge on any atom is 0.362 e. The number of H-pyrrole nitrogens is 1. The molecule has 6 nitrogen and oxygen atoms in total. The molecule has 18 heavy (non-hydrogen) atoms. The molecular formula is C11H18N4O2S. The van der Waals surface area contributed by atoms with E-state index in [1.54, 1.807) is 11.6 Å². The summed E-state index contributed by atoms with van der Waals surface area (Å²) in [7, 11) is 0. The van der Waals surface area contributed by atoms with Crippen LogP contribution in [0.2, 0.25) is 0 Å². The quantitative estimate of drug-likeness (QED) is 0.643. The molecule has 0 amide bonds. The number of carbonyl (C=O) groups excluding carboxylic acids is 1. The Morgan fingerprint density at radius 1 is 1.61 bits per heavy atom. The molecule has 1 fully saturated rings. The van der Waals surface area contributed by atoms with E-state index in [9.17, 15) is 4.79 Å². The van der Waals surface area contributed by atoms with Crippen LogP contribution in [0.5, 0.6) is 0 Å². The number of nitrogens with two attached hydrogens (primary N) is 1. The second kappa shape index (κ2) is 5.62. The number of hydrogen-bond donors (Lipinski definition) is 2. The third-order valence-electron chi connectivity index (χ3n) is 3.27. The highest BCUT2D eigenvalue weighted by molar-refractivity contribution is 7.71. The van der Waals surface area contributed by atoms with Crippen LogP contribution in [0.15, 0.2) is 0 Å². The predicted molar refractivity (Wildman–Crippen MR) is 68.8 cm³/mol. The van der Waals surface area contributed by atoms with Crippen LogP contribution in [0.3, 0.4) is 0 Å². The molecule has 1 aromatic rings. The molecule has 0 aromatic carbocycles. The Balaban J connectivity index is 2.25. The van der Waals surface area contributed by atoms with Crippen molar-refractivity contribution in [3.05, 3.63) is 10.3 Å². The number of aromatic nitrogens is 3. The van der Waals surface area contributed by atoms with Gasteiger partial charge in [-0.05, 0) is 19.8 Å². The summed E-state index contributed by atoms with van der Waals surface area (Å²) in [5.74, 6) is -0.484. The molecule has 2 unspecified atom stereocenters. The third-order valence-corrected chi connectivity index (χ3v) is 3.66. The van der Waals surface area contributed by atoms with E-state index in [0.717, 1.165) is 25.7 Å². The second-order valence-corrected chi connectivity index (χ2v) is 4.86. The van der Waals surface area contributed by atoms with Gasteiger partial charge in [0.2, 0.25) is 5.69 Å². The van der Waals surface area contributed by atoms with Crippen molar-refractivity contribution in [2.45, 2.75) is 44.7 Å². The molecule has 1 aliphatic rings. The molecule has 2 atom stereocenters. The van der Waals surface area contributed by atoms with Crippen LogP contribution < -0.4 is 5.73 Å². The molecule has 0 radical (unpaired) electrons. The minimum absolute atomic E-state index is 0.0564. The van der Waals surface area contributed by atoms with Crippen LogP contribution in [-0.2, 0) is 4.74 Å². The van der Waals surface area contributed by atoms with Gasteiger partial charge >= 0.3 is 5.97 Å². The third kappa shape index (κ3) is 2.46. The Labute approximate surface area is 110 Å². The lowest BCUT2D eigenvalue weighted by Gasteiger charge is -2.28. The average molecular weight is 270 g/mol. The van der Waals surface area contributed by atoms with E-state index >= 15 is 0 Å². The molecule has 0 spiro atoms. The van der Waals surface area contributed by atoms with E-state index in [4.69, 9.17) is 22.7 Å². The predicted octanol–water partition coefficient (Wildman–Crippen LogP) is 1.56. The monoisotopic (exact) mass is 270 g/mol. The Morgan fingerprint density at radius 2 is 2.33 bits per heavy atom. The number of hydrogen-bond acceptors (Lipinski definition) is 5. The lowest BCUT2D eigenvalue weighted by molar-refractivity contribution is 0.0518. The first-order valence-electron chi connectivity index (χ1n) is 6.24. The van der Waals surface area contributed by atoms with Gasteiger partial charge in [-0.1, -0.05) is 25.1 Å². The second-order valence-electron chi connectivity index (χ2n) is 4.47. The summed E-state index contributed by atoms with van der Waals surface area (Å²) in [4.78, 5) is 11.6. The van der Waals surface area contributed by atoms with E-state index in [0.29, 0.717) is 11.2 Å². The fourth-order valence-electron chi connectivity index (χ4n) is 2.33. The number of esters is 1. The van der Waals surface area contributed by atoms with E-state index in [-0.39, 0.29) is 17.8 Å². The molecule has 7 heteroatoms. The molecule has 1 heterocycles. The number of nitrogens with one attached hydrogen (secondary N) is 1. The highest BCUT2D eigenvalue weighted by Gasteiger charge is 2.26. The summed E-state index contributed by atoms with van der Waals surface area (Å²) in [5, 5.41) is 6.74. The Bertz CT molecular complexity index is 482. The summed E-state index contributed by atoms with van der Waals surface area (Å²) >= 11 is 5.26. The van der Waals surface area contributed by atoms with Gasteiger partial charge in [0.05, 0.1) is 12.6 Å². The fourth-order valence-corrected chi connectivity index (χ4v) is 2.63. The first kappa shape index (κ1) is 13.2. The minimum Gasteiger partial charge on any atom is -0.461 e. The zero-order chi connectivity index (χ0) is 13.1. The van der Waals surface area contributed by atoms with Crippen molar-refractivity contribution in [2.24, 2.45) is 5.73 Å². The lowest BCUT2D eigenvalue weighted by atomic mass is 9.91. The van der Waals surface area contributed by atoms with Gasteiger partial charge in [-0.25, -0.2) is 10.0 Å². The molecule has 1 saturated carbocycles. The summed E-state index contributed by atoms with van der Waals surface area (Å²) in [6, 6.07) is 0.155. The highest BCUT2D eigenvalue weighted by atomic mass is 32.1. The number of nitrogens with zero attached hydrogens (tertiary/aromatic N) is 2. The van der Waals surface area contributed by atoms with Gasteiger partial charge in [0.15, 0.2) is 4.64 Å². The van der Waals surface area contributed by atoms with Gasteiger partial charge in [0, 0.05) is 6.04 Å². The lowest BCUT2D eigenvalue weighted by Crippen LogP contribution is -2.35. The van der Waals surface area contributed by atoms with Crippen molar-refractivity contribution in [2.75, 3.05) is 6.61 Å². The van der Waals surface area contributed by atoms with Crippen molar-refractivity contribution in [1.29, 1.82) is 0 Å². The van der Waals surface area contributed by atoms with Crippen molar-refractivity contribution in [3.8, 4) is 0 Å². The standard InChI is InChI=1S/C11H18N4O2S/c1-2-17-11(16)9-10(18)15(14-13-9)8-6-4-3-5-7(8)12/h7-8,14H,2-6,12H2,1H3. The van der Waals surface area contributed by atoms with Crippen molar-refractivity contribution < 1.29 is 9.53 Å². The zero-order valence-corrected chi connectivity index (χ0v) is 11.2. The minimum atomic E-state index is -0.484. The SMILES string of the molecule is CCOC(=O)c1n[nH]n(C2CCCCC2N)c1=S. The summed E-state index contributed by atoms with van der Waals surface area (Å²) < 4.78 is 7.02. The van der Waals surface area contributed by atoms with E-state index in [2.05, 4.69) is 10.3 Å². The van der Waals surface area contributed by atoms with E-state index in [1.165, 1.54) is 0 Å². The Morgan fingerprint density at radius 3 is 3.00 bits per heavy atom. The van der Waals surface area contributed by atoms with Crippen LogP contribution in [0.25, 0.3) is 0 Å². The van der Waals surface area contributed by atoms with E-state index in [1.807, 2.05) is 0 Å². The molecule has 2 rings (SSSR count). The van der Waals surface area contributed by atoms with Crippen molar-refractivity contribution >= 4 is 18.2 Å². The van der Waals surface area contributed by atoms with Crippen molar-refractivity contribution in [1.82, 2.24) is 15.0 Å². The molecule has 3 N–H and O–H groups in total. The van der Waals surface area contributed by atoms with Gasteiger partial charge in [-0.15, -0.1) is 5.10 Å². The normalized spacial score (nSPS) is 23.9. The van der Waals surface area contributed by atoms with Crippen LogP contribution in [0.4, 0.5) is 0 Å². The maximum absolute atomic E-state index is 11.6. The average Bonchev–Trinajstić information content (AvgIpc) is 2.72. The van der Waals surface area contributed by atoms with Crippen LogP contribution in [-0.4, -0.2) is 33.6 Å². The van der Waals surface area contributed by atoms with Crippen LogP contribution in [0, 0.1) is 4.64 Å². The Kier molecular flexibility index (Phi) is 4.13. The molecule has 100 valence electrons. The zero-order valence-electron chi connectivity index (χ0n) is 10.4. The van der Waals surface area contributed by atoms with Gasteiger partial charge in [-0.3, -0.25) is 4.68 Å². The highest BCUT2D eigenvalue weighted by Crippen LogP contribution is 2.27. The maximum atomic E-state index is 11.6. The molecule has 1 aromatic heterocycles.